The van der Waals surface area contributed by atoms with Gasteiger partial charge in [0, 0.05) is 44.2 Å². The van der Waals surface area contributed by atoms with Crippen molar-refractivity contribution in [2.75, 3.05) is 45.1 Å². The van der Waals surface area contributed by atoms with Gasteiger partial charge in [-0.2, -0.15) is 4.31 Å². The zero-order valence-corrected chi connectivity index (χ0v) is 20.4. The van der Waals surface area contributed by atoms with Crippen molar-refractivity contribution in [1.82, 2.24) is 14.7 Å². The molecule has 0 radical (unpaired) electrons. The maximum absolute atomic E-state index is 14.1. The van der Waals surface area contributed by atoms with Gasteiger partial charge in [0.2, 0.25) is 10.0 Å². The maximum atomic E-state index is 14.1. The molecular formula is C23H29F2N3O7S. The zero-order valence-electron chi connectivity index (χ0n) is 19.6. The van der Waals surface area contributed by atoms with E-state index in [-0.39, 0.29) is 57.1 Å². The highest BCUT2D eigenvalue weighted by Crippen LogP contribution is 2.36. The lowest BCUT2D eigenvalue weighted by atomic mass is 9.79. The van der Waals surface area contributed by atoms with Gasteiger partial charge in [-0.15, -0.1) is 0 Å². The Morgan fingerprint density at radius 1 is 1.22 bits per heavy atom. The zero-order chi connectivity index (χ0) is 25.9. The van der Waals surface area contributed by atoms with Crippen molar-refractivity contribution in [1.29, 1.82) is 0 Å². The monoisotopic (exact) mass is 529 g/mol. The number of carbonyl (C=O) groups excluding carboxylic acids is 2. The Kier molecular flexibility index (Phi) is 7.93. The molecule has 1 atom stereocenters. The fourth-order valence-electron chi connectivity index (χ4n) is 4.83. The average molecular weight is 530 g/mol. The van der Waals surface area contributed by atoms with Gasteiger partial charge in [-0.25, -0.2) is 27.5 Å². The molecule has 1 unspecified atom stereocenters. The van der Waals surface area contributed by atoms with Crippen LogP contribution >= 0.6 is 0 Å². The number of hydrogen-bond acceptors (Lipinski definition) is 7. The first-order chi connectivity index (χ1) is 17.1. The van der Waals surface area contributed by atoms with Crippen LogP contribution in [0.1, 0.15) is 31.2 Å². The summed E-state index contributed by atoms with van der Waals surface area (Å²) in [7, 11) is -3.96. The van der Waals surface area contributed by atoms with Crippen molar-refractivity contribution in [3.63, 3.8) is 0 Å². The van der Waals surface area contributed by atoms with Crippen molar-refractivity contribution in [2.24, 2.45) is 5.41 Å². The van der Waals surface area contributed by atoms with Crippen LogP contribution in [0.4, 0.5) is 13.6 Å². The third-order valence-electron chi connectivity index (χ3n) is 7.02. The summed E-state index contributed by atoms with van der Waals surface area (Å²) < 4.78 is 65.7. The van der Waals surface area contributed by atoms with E-state index in [4.69, 9.17) is 9.47 Å². The number of halogens is 2. The Hall–Kier alpha value is -2.61. The van der Waals surface area contributed by atoms with Crippen LogP contribution in [-0.2, 0) is 24.3 Å². The minimum absolute atomic E-state index is 0.0185. The summed E-state index contributed by atoms with van der Waals surface area (Å²) in [6.45, 7) is 1.04. The van der Waals surface area contributed by atoms with Gasteiger partial charge in [-0.3, -0.25) is 10.0 Å². The Labute approximate surface area is 207 Å². The number of piperidine rings is 1. The summed E-state index contributed by atoms with van der Waals surface area (Å²) in [6.07, 6.45) is 1.55. The van der Waals surface area contributed by atoms with Crippen LogP contribution in [0.3, 0.4) is 0 Å². The minimum atomic E-state index is -3.96. The molecular weight excluding hydrogens is 500 g/mol. The van der Waals surface area contributed by atoms with E-state index in [1.807, 2.05) is 0 Å². The van der Waals surface area contributed by atoms with Crippen LogP contribution < -0.4 is 5.48 Å². The van der Waals surface area contributed by atoms with Crippen molar-refractivity contribution in [3.05, 3.63) is 41.5 Å². The van der Waals surface area contributed by atoms with Crippen LogP contribution in [0.5, 0.6) is 0 Å². The van der Waals surface area contributed by atoms with E-state index in [9.17, 15) is 32.0 Å². The number of likely N-dealkylation sites (tertiary alicyclic amines) is 1. The highest BCUT2D eigenvalue weighted by molar-refractivity contribution is 7.89. The number of hydrogen-bond donors (Lipinski definition) is 2. The molecule has 4 rings (SSSR count). The van der Waals surface area contributed by atoms with Crippen molar-refractivity contribution >= 4 is 27.6 Å². The van der Waals surface area contributed by atoms with E-state index < -0.39 is 44.8 Å². The molecule has 2 fully saturated rings. The first-order valence-electron chi connectivity index (χ1n) is 11.7. The average Bonchev–Trinajstić information content (AvgIpc) is 3.37. The van der Waals surface area contributed by atoms with Crippen LogP contribution in [-0.4, -0.2) is 86.1 Å². The Morgan fingerprint density at radius 2 is 1.97 bits per heavy atom. The Morgan fingerprint density at radius 3 is 2.56 bits per heavy atom. The number of sulfonamides is 1. The van der Waals surface area contributed by atoms with E-state index in [1.54, 1.807) is 11.6 Å². The molecule has 10 nitrogen and oxygen atoms in total. The molecule has 3 aliphatic heterocycles. The Balaban J connectivity index is 1.42. The molecule has 1 aromatic carbocycles. The second-order valence-corrected chi connectivity index (χ2v) is 11.3. The van der Waals surface area contributed by atoms with Crippen molar-refractivity contribution < 1.29 is 41.5 Å². The quantitative estimate of drug-likeness (QED) is 0.426. The van der Waals surface area contributed by atoms with E-state index in [0.29, 0.717) is 25.2 Å². The van der Waals surface area contributed by atoms with Gasteiger partial charge in [0.05, 0.1) is 24.4 Å². The fourth-order valence-corrected chi connectivity index (χ4v) is 6.81. The highest BCUT2D eigenvalue weighted by Gasteiger charge is 2.47. The van der Waals surface area contributed by atoms with Crippen LogP contribution in [0, 0.1) is 17.0 Å². The van der Waals surface area contributed by atoms with Crippen LogP contribution in [0.2, 0.25) is 0 Å². The second kappa shape index (κ2) is 10.8. The molecule has 0 aromatic heterocycles. The minimum Gasteiger partial charge on any atom is -0.444 e. The standard InChI is InChI=1S/C23H29F2N3O7S/c24-17-1-2-19(20(25)13-17)16-3-8-28(9-4-16)36(32,33)15-23(21(29)26-31)6-10-27(11-7-23)22(30)35-18-5-12-34-14-18/h1-3,13,18,31H,4-12,14-15H2,(H,26,29). The summed E-state index contributed by atoms with van der Waals surface area (Å²) >= 11 is 0. The summed E-state index contributed by atoms with van der Waals surface area (Å²) in [6, 6.07) is 3.24. The lowest BCUT2D eigenvalue weighted by Gasteiger charge is -2.40. The van der Waals surface area contributed by atoms with Gasteiger partial charge in [-0.1, -0.05) is 6.08 Å². The number of benzene rings is 1. The molecule has 3 aliphatic rings. The van der Waals surface area contributed by atoms with Crippen molar-refractivity contribution in [2.45, 2.75) is 31.8 Å². The first-order valence-corrected chi connectivity index (χ1v) is 13.3. The van der Waals surface area contributed by atoms with Crippen molar-refractivity contribution in [3.8, 4) is 0 Å². The number of nitrogens with zero attached hydrogens (tertiary/aromatic N) is 2. The SMILES string of the molecule is O=C(OC1CCOC1)N1CCC(CS(=O)(=O)N2CC=C(c3ccc(F)cc3F)CC2)(C(=O)NO)CC1. The predicted molar refractivity (Wildman–Crippen MR) is 123 cm³/mol. The molecule has 0 aliphatic carbocycles. The smallest absolute Gasteiger partial charge is 0.410 e. The van der Waals surface area contributed by atoms with E-state index >= 15 is 0 Å². The van der Waals surface area contributed by atoms with Gasteiger partial charge < -0.3 is 14.4 Å². The van der Waals surface area contributed by atoms with Crippen LogP contribution in [0.25, 0.3) is 5.57 Å². The molecule has 2 saturated heterocycles. The molecule has 3 heterocycles. The number of carbonyl (C=O) groups is 2. The summed E-state index contributed by atoms with van der Waals surface area (Å²) in [5, 5.41) is 9.33. The number of amides is 2. The van der Waals surface area contributed by atoms with E-state index in [0.717, 1.165) is 12.1 Å². The molecule has 36 heavy (non-hydrogen) atoms. The number of rotatable bonds is 6. The third kappa shape index (κ3) is 5.69. The predicted octanol–water partition coefficient (Wildman–Crippen LogP) is 1.90. The molecule has 0 bridgehead atoms. The van der Waals surface area contributed by atoms with Gasteiger partial charge in [0.25, 0.3) is 5.91 Å². The summed E-state index contributed by atoms with van der Waals surface area (Å²) in [5.74, 6) is -2.80. The van der Waals surface area contributed by atoms with Gasteiger partial charge in [0.1, 0.15) is 17.7 Å². The number of nitrogens with one attached hydrogen (secondary N) is 1. The lowest BCUT2D eigenvalue weighted by Crippen LogP contribution is -2.54. The first kappa shape index (κ1) is 26.5. The molecule has 1 aromatic rings. The topological polar surface area (TPSA) is 125 Å². The normalized spacial score (nSPS) is 22.7. The molecule has 2 amide bonds. The molecule has 198 valence electrons. The van der Waals surface area contributed by atoms with E-state index in [2.05, 4.69) is 0 Å². The summed E-state index contributed by atoms with van der Waals surface area (Å²) in [4.78, 5) is 26.5. The maximum Gasteiger partial charge on any atom is 0.410 e. The third-order valence-corrected chi connectivity index (χ3v) is 9.05. The number of hydroxylamine groups is 1. The van der Waals surface area contributed by atoms with E-state index in [1.165, 1.54) is 15.3 Å². The van der Waals surface area contributed by atoms with Gasteiger partial charge in [-0.05, 0) is 37.0 Å². The molecule has 0 saturated carbocycles. The molecule has 13 heteroatoms. The second-order valence-electron chi connectivity index (χ2n) is 9.30. The lowest BCUT2D eigenvalue weighted by molar-refractivity contribution is -0.141. The largest absolute Gasteiger partial charge is 0.444 e. The highest BCUT2D eigenvalue weighted by atomic mass is 32.2. The van der Waals surface area contributed by atoms with Gasteiger partial charge in [0.15, 0.2) is 0 Å². The number of ether oxygens (including phenoxy) is 2. The van der Waals surface area contributed by atoms with Crippen LogP contribution in [0.15, 0.2) is 24.3 Å². The summed E-state index contributed by atoms with van der Waals surface area (Å²) in [5.41, 5.74) is 0.936. The molecule has 0 spiro atoms. The molecule has 2 N–H and O–H groups in total. The van der Waals surface area contributed by atoms with Gasteiger partial charge >= 0.3 is 6.09 Å². The fraction of sp³-hybridized carbons (Fsp3) is 0.565. The Bertz CT molecular complexity index is 1130.